The van der Waals surface area contributed by atoms with Crippen molar-refractivity contribution < 1.29 is 19.8 Å². The summed E-state index contributed by atoms with van der Waals surface area (Å²) in [5, 5.41) is 16.1. The second-order valence-corrected chi connectivity index (χ2v) is 3.45. The summed E-state index contributed by atoms with van der Waals surface area (Å²) < 4.78 is 0. The van der Waals surface area contributed by atoms with E-state index in [0.29, 0.717) is 11.1 Å². The second-order valence-electron chi connectivity index (χ2n) is 3.02. The van der Waals surface area contributed by atoms with Crippen LogP contribution in [-0.4, -0.2) is 22.2 Å². The van der Waals surface area contributed by atoms with Gasteiger partial charge in [0, 0.05) is 0 Å². The topological polar surface area (TPSA) is 74.6 Å². The summed E-state index contributed by atoms with van der Waals surface area (Å²) in [5.41, 5.74) is 0.926. The monoisotopic (exact) mass is 228 g/mol. The standard InChI is InChI=1S/C10H9ClO4/c11-9(10(14)15)7-3-1-2-6(4-7)5-8(12)13/h1-4,9H,5H2,(H,12,13)(H,14,15). The molecule has 15 heavy (non-hydrogen) atoms. The molecule has 0 aliphatic rings. The summed E-state index contributed by atoms with van der Waals surface area (Å²) in [6.07, 6.45) is -0.142. The van der Waals surface area contributed by atoms with Crippen molar-refractivity contribution in [2.75, 3.05) is 0 Å². The quantitative estimate of drug-likeness (QED) is 0.769. The van der Waals surface area contributed by atoms with E-state index in [1.807, 2.05) is 0 Å². The summed E-state index contributed by atoms with van der Waals surface area (Å²) in [7, 11) is 0. The summed E-state index contributed by atoms with van der Waals surface area (Å²) in [6.45, 7) is 0. The van der Waals surface area contributed by atoms with Crippen LogP contribution in [0.2, 0.25) is 0 Å². The van der Waals surface area contributed by atoms with Crippen molar-refractivity contribution in [1.82, 2.24) is 0 Å². The van der Waals surface area contributed by atoms with Crippen molar-refractivity contribution in [2.45, 2.75) is 11.8 Å². The van der Waals surface area contributed by atoms with Gasteiger partial charge in [0.1, 0.15) is 0 Å². The highest BCUT2D eigenvalue weighted by atomic mass is 35.5. The molecule has 0 aliphatic heterocycles. The highest BCUT2D eigenvalue weighted by Crippen LogP contribution is 2.21. The molecule has 0 bridgehead atoms. The molecule has 80 valence electrons. The highest BCUT2D eigenvalue weighted by molar-refractivity contribution is 6.29. The van der Waals surface area contributed by atoms with E-state index in [-0.39, 0.29) is 6.42 Å². The second kappa shape index (κ2) is 4.79. The lowest BCUT2D eigenvalue weighted by Crippen LogP contribution is -2.06. The van der Waals surface area contributed by atoms with Crippen LogP contribution in [0.3, 0.4) is 0 Å². The Morgan fingerprint density at radius 3 is 2.53 bits per heavy atom. The number of benzene rings is 1. The van der Waals surface area contributed by atoms with Crippen molar-refractivity contribution >= 4 is 23.5 Å². The molecule has 1 aromatic rings. The molecule has 1 aromatic carbocycles. The summed E-state index contributed by atoms with van der Waals surface area (Å²) in [6, 6.07) is 6.24. The Balaban J connectivity index is 2.92. The molecule has 0 saturated carbocycles. The van der Waals surface area contributed by atoms with Gasteiger partial charge in [-0.2, -0.15) is 0 Å². The molecule has 0 fully saturated rings. The zero-order valence-electron chi connectivity index (χ0n) is 7.68. The van der Waals surface area contributed by atoms with E-state index in [1.54, 1.807) is 18.2 Å². The highest BCUT2D eigenvalue weighted by Gasteiger charge is 2.16. The number of aliphatic carboxylic acids is 2. The van der Waals surface area contributed by atoms with Crippen molar-refractivity contribution in [1.29, 1.82) is 0 Å². The van der Waals surface area contributed by atoms with Gasteiger partial charge in [-0.15, -0.1) is 11.6 Å². The number of hydrogen-bond donors (Lipinski definition) is 2. The lowest BCUT2D eigenvalue weighted by atomic mass is 10.1. The number of alkyl halides is 1. The predicted octanol–water partition coefficient (Wildman–Crippen LogP) is 1.68. The van der Waals surface area contributed by atoms with E-state index in [4.69, 9.17) is 21.8 Å². The summed E-state index contributed by atoms with van der Waals surface area (Å²) in [5.74, 6) is -2.11. The lowest BCUT2D eigenvalue weighted by Gasteiger charge is -2.05. The minimum atomic E-state index is -1.15. The molecular weight excluding hydrogens is 220 g/mol. The van der Waals surface area contributed by atoms with Gasteiger partial charge in [-0.3, -0.25) is 9.59 Å². The Kier molecular flexibility index (Phi) is 3.68. The zero-order valence-corrected chi connectivity index (χ0v) is 8.44. The molecule has 1 unspecified atom stereocenters. The van der Waals surface area contributed by atoms with Crippen LogP contribution in [0.5, 0.6) is 0 Å². The van der Waals surface area contributed by atoms with Gasteiger partial charge in [0.15, 0.2) is 5.38 Å². The van der Waals surface area contributed by atoms with Crippen LogP contribution in [0.15, 0.2) is 24.3 Å². The number of carboxylic acid groups (broad SMARTS) is 2. The van der Waals surface area contributed by atoms with Crippen LogP contribution in [0.25, 0.3) is 0 Å². The van der Waals surface area contributed by atoms with E-state index >= 15 is 0 Å². The number of rotatable bonds is 4. The zero-order chi connectivity index (χ0) is 11.4. The first-order valence-corrected chi connectivity index (χ1v) is 4.62. The van der Waals surface area contributed by atoms with E-state index in [9.17, 15) is 9.59 Å². The van der Waals surface area contributed by atoms with Crippen molar-refractivity contribution in [3.05, 3.63) is 35.4 Å². The fraction of sp³-hybridized carbons (Fsp3) is 0.200. The molecule has 1 rings (SSSR count). The molecule has 0 spiro atoms. The number of hydrogen-bond acceptors (Lipinski definition) is 2. The Hall–Kier alpha value is -1.55. The molecule has 0 aromatic heterocycles. The minimum absolute atomic E-state index is 0.142. The third-order valence-corrected chi connectivity index (χ3v) is 2.25. The van der Waals surface area contributed by atoms with Gasteiger partial charge in [0.25, 0.3) is 0 Å². The van der Waals surface area contributed by atoms with Crippen LogP contribution in [-0.2, 0) is 16.0 Å². The molecule has 0 radical (unpaired) electrons. The van der Waals surface area contributed by atoms with Gasteiger partial charge in [0.2, 0.25) is 0 Å². The van der Waals surface area contributed by atoms with Gasteiger partial charge >= 0.3 is 11.9 Å². The van der Waals surface area contributed by atoms with Crippen LogP contribution >= 0.6 is 11.6 Å². The van der Waals surface area contributed by atoms with Gasteiger partial charge in [-0.1, -0.05) is 24.3 Å². The molecule has 0 heterocycles. The average Bonchev–Trinajstić information content (AvgIpc) is 2.16. The fourth-order valence-corrected chi connectivity index (χ4v) is 1.31. The molecule has 0 aliphatic carbocycles. The number of halogens is 1. The maximum absolute atomic E-state index is 10.6. The minimum Gasteiger partial charge on any atom is -0.481 e. The van der Waals surface area contributed by atoms with Gasteiger partial charge < -0.3 is 10.2 Å². The predicted molar refractivity (Wildman–Crippen MR) is 54.0 cm³/mol. The fourth-order valence-electron chi connectivity index (χ4n) is 1.18. The average molecular weight is 229 g/mol. The third kappa shape index (κ3) is 3.25. The smallest absolute Gasteiger partial charge is 0.326 e. The maximum Gasteiger partial charge on any atom is 0.326 e. The Morgan fingerprint density at radius 2 is 2.00 bits per heavy atom. The molecule has 4 nitrogen and oxygen atoms in total. The molecule has 2 N–H and O–H groups in total. The van der Waals surface area contributed by atoms with E-state index in [2.05, 4.69) is 0 Å². The first-order valence-electron chi connectivity index (χ1n) is 4.18. The summed E-state index contributed by atoms with van der Waals surface area (Å²) in [4.78, 5) is 21.0. The molecular formula is C10H9ClO4. The maximum atomic E-state index is 10.6. The van der Waals surface area contributed by atoms with Crippen LogP contribution in [0, 0.1) is 0 Å². The van der Waals surface area contributed by atoms with E-state index in [0.717, 1.165) is 0 Å². The Labute approximate surface area is 91.1 Å². The van der Waals surface area contributed by atoms with Gasteiger partial charge in [-0.25, -0.2) is 0 Å². The normalized spacial score (nSPS) is 12.1. The number of carbonyl (C=O) groups is 2. The molecule has 0 amide bonds. The number of carboxylic acids is 2. The first kappa shape index (κ1) is 11.5. The van der Waals surface area contributed by atoms with Gasteiger partial charge in [-0.05, 0) is 11.1 Å². The SMILES string of the molecule is O=C(O)Cc1cccc(C(Cl)C(=O)O)c1. The lowest BCUT2D eigenvalue weighted by molar-refractivity contribution is -0.137. The first-order chi connectivity index (χ1) is 7.00. The van der Waals surface area contributed by atoms with E-state index < -0.39 is 17.3 Å². The van der Waals surface area contributed by atoms with Gasteiger partial charge in [0.05, 0.1) is 6.42 Å². The van der Waals surface area contributed by atoms with Crippen LogP contribution in [0.4, 0.5) is 0 Å². The van der Waals surface area contributed by atoms with Crippen LogP contribution < -0.4 is 0 Å². The van der Waals surface area contributed by atoms with Crippen LogP contribution in [0.1, 0.15) is 16.5 Å². The summed E-state index contributed by atoms with van der Waals surface area (Å²) >= 11 is 5.60. The van der Waals surface area contributed by atoms with Crippen molar-refractivity contribution in [3.63, 3.8) is 0 Å². The third-order valence-electron chi connectivity index (χ3n) is 1.82. The molecule has 5 heteroatoms. The Bertz CT molecular complexity index is 389. The van der Waals surface area contributed by atoms with Crippen molar-refractivity contribution in [2.24, 2.45) is 0 Å². The molecule has 1 atom stereocenters. The molecule has 0 saturated heterocycles. The van der Waals surface area contributed by atoms with E-state index in [1.165, 1.54) is 6.07 Å². The van der Waals surface area contributed by atoms with Crippen molar-refractivity contribution in [3.8, 4) is 0 Å². The Morgan fingerprint density at radius 1 is 1.33 bits per heavy atom. The largest absolute Gasteiger partial charge is 0.481 e.